The zero-order valence-electron chi connectivity index (χ0n) is 11.5. The Kier molecular flexibility index (Phi) is 4.94. The average molecular weight is 305 g/mol. The van der Waals surface area contributed by atoms with E-state index < -0.39 is 5.97 Å². The van der Waals surface area contributed by atoms with Crippen molar-refractivity contribution in [2.45, 2.75) is 6.42 Å². The third kappa shape index (κ3) is 3.82. The summed E-state index contributed by atoms with van der Waals surface area (Å²) in [5, 5.41) is 10.7. The highest BCUT2D eigenvalue weighted by atomic mass is 32.1. The Balaban J connectivity index is 2.25. The highest BCUT2D eigenvalue weighted by Gasteiger charge is 2.19. The Morgan fingerprint density at radius 2 is 1.95 bits per heavy atom. The molecule has 0 radical (unpaired) electrons. The fraction of sp³-hybridized carbons (Fsp3) is 0.200. The molecule has 0 saturated carbocycles. The molecule has 0 atom stereocenters. The SMILES string of the molecule is COc1ccc(N(CCC(=O)O)C(=O)c2cccs2)cc1. The zero-order chi connectivity index (χ0) is 15.2. The molecule has 0 fully saturated rings. The van der Waals surface area contributed by atoms with Gasteiger partial charge in [0.15, 0.2) is 0 Å². The van der Waals surface area contributed by atoms with Crippen LogP contribution in [-0.4, -0.2) is 30.6 Å². The van der Waals surface area contributed by atoms with E-state index in [2.05, 4.69) is 0 Å². The standard InChI is InChI=1S/C15H15NO4S/c1-20-12-6-4-11(5-7-12)16(9-8-14(17)18)15(19)13-3-2-10-21-13/h2-7,10H,8-9H2,1H3,(H,17,18). The van der Waals surface area contributed by atoms with Gasteiger partial charge in [-0.25, -0.2) is 0 Å². The number of rotatable bonds is 6. The van der Waals surface area contributed by atoms with Gasteiger partial charge in [0.05, 0.1) is 18.4 Å². The fourth-order valence-electron chi connectivity index (χ4n) is 1.85. The lowest BCUT2D eigenvalue weighted by Gasteiger charge is -2.21. The van der Waals surface area contributed by atoms with E-state index in [1.807, 2.05) is 5.38 Å². The Morgan fingerprint density at radius 1 is 1.24 bits per heavy atom. The maximum atomic E-state index is 12.5. The first-order valence-electron chi connectivity index (χ1n) is 6.33. The highest BCUT2D eigenvalue weighted by Crippen LogP contribution is 2.22. The van der Waals surface area contributed by atoms with Gasteiger partial charge in [-0.2, -0.15) is 0 Å². The number of ether oxygens (including phenoxy) is 1. The van der Waals surface area contributed by atoms with Gasteiger partial charge in [0, 0.05) is 12.2 Å². The summed E-state index contributed by atoms with van der Waals surface area (Å²) in [4.78, 5) is 25.3. The molecule has 1 aromatic heterocycles. The number of amides is 1. The first-order valence-corrected chi connectivity index (χ1v) is 7.21. The molecule has 2 aromatic rings. The number of anilines is 1. The normalized spacial score (nSPS) is 10.1. The molecule has 5 nitrogen and oxygen atoms in total. The van der Waals surface area contributed by atoms with E-state index in [1.165, 1.54) is 16.2 Å². The molecule has 0 saturated heterocycles. The van der Waals surface area contributed by atoms with Crippen molar-refractivity contribution in [3.63, 3.8) is 0 Å². The molecule has 6 heteroatoms. The molecule has 0 spiro atoms. The van der Waals surface area contributed by atoms with Crippen molar-refractivity contribution in [2.75, 3.05) is 18.6 Å². The van der Waals surface area contributed by atoms with Crippen molar-refractivity contribution in [1.29, 1.82) is 0 Å². The smallest absolute Gasteiger partial charge is 0.305 e. The van der Waals surface area contributed by atoms with Crippen LogP contribution < -0.4 is 9.64 Å². The van der Waals surface area contributed by atoms with Crippen molar-refractivity contribution in [2.24, 2.45) is 0 Å². The number of nitrogens with zero attached hydrogens (tertiary/aromatic N) is 1. The van der Waals surface area contributed by atoms with Gasteiger partial charge >= 0.3 is 5.97 Å². The quantitative estimate of drug-likeness (QED) is 0.891. The molecule has 0 aliphatic heterocycles. The molecule has 21 heavy (non-hydrogen) atoms. The number of benzene rings is 1. The van der Waals surface area contributed by atoms with E-state index in [0.717, 1.165) is 0 Å². The van der Waals surface area contributed by atoms with Crippen LogP contribution in [0.3, 0.4) is 0 Å². The van der Waals surface area contributed by atoms with Crippen molar-refractivity contribution in [3.05, 3.63) is 46.7 Å². The second-order valence-corrected chi connectivity index (χ2v) is 5.22. The van der Waals surface area contributed by atoms with Crippen molar-refractivity contribution in [3.8, 4) is 5.75 Å². The maximum absolute atomic E-state index is 12.5. The number of hydrogen-bond donors (Lipinski definition) is 1. The van der Waals surface area contributed by atoms with Gasteiger partial charge in [0.1, 0.15) is 5.75 Å². The first-order chi connectivity index (χ1) is 10.1. The summed E-state index contributed by atoms with van der Waals surface area (Å²) >= 11 is 1.33. The van der Waals surface area contributed by atoms with Crippen LogP contribution in [-0.2, 0) is 4.79 Å². The summed E-state index contributed by atoms with van der Waals surface area (Å²) in [6.45, 7) is 0.123. The minimum Gasteiger partial charge on any atom is -0.497 e. The number of carboxylic acids is 1. The van der Waals surface area contributed by atoms with Crippen molar-refractivity contribution >= 4 is 28.9 Å². The second kappa shape index (κ2) is 6.90. The largest absolute Gasteiger partial charge is 0.497 e. The molecule has 0 unspecified atom stereocenters. The minimum absolute atomic E-state index is 0.108. The van der Waals surface area contributed by atoms with Crippen LogP contribution in [0.1, 0.15) is 16.1 Å². The summed E-state index contributed by atoms with van der Waals surface area (Å²) < 4.78 is 5.08. The van der Waals surface area contributed by atoms with Crippen molar-refractivity contribution < 1.29 is 19.4 Å². The van der Waals surface area contributed by atoms with Gasteiger partial charge in [-0.3, -0.25) is 9.59 Å². The summed E-state index contributed by atoms with van der Waals surface area (Å²) in [6, 6.07) is 10.5. The molecule has 1 aromatic carbocycles. The lowest BCUT2D eigenvalue weighted by molar-refractivity contribution is -0.136. The van der Waals surface area contributed by atoms with Crippen LogP contribution in [0.25, 0.3) is 0 Å². The van der Waals surface area contributed by atoms with E-state index in [-0.39, 0.29) is 18.9 Å². The zero-order valence-corrected chi connectivity index (χ0v) is 12.3. The Hall–Kier alpha value is -2.34. The molecule has 110 valence electrons. The number of hydrogen-bond acceptors (Lipinski definition) is 4. The summed E-state index contributed by atoms with van der Waals surface area (Å²) in [5.41, 5.74) is 0.649. The molecule has 1 amide bonds. The average Bonchev–Trinajstić information content (AvgIpc) is 3.02. The van der Waals surface area contributed by atoms with Crippen LogP contribution in [0.5, 0.6) is 5.75 Å². The summed E-state index contributed by atoms with van der Waals surface area (Å²) in [6.07, 6.45) is -0.108. The van der Waals surface area contributed by atoms with Crippen LogP contribution >= 0.6 is 11.3 Å². The Morgan fingerprint density at radius 3 is 2.48 bits per heavy atom. The number of carbonyl (C=O) groups excluding carboxylic acids is 1. The lowest BCUT2D eigenvalue weighted by Crippen LogP contribution is -2.32. The second-order valence-electron chi connectivity index (χ2n) is 4.28. The van der Waals surface area contributed by atoms with E-state index in [4.69, 9.17) is 9.84 Å². The van der Waals surface area contributed by atoms with Gasteiger partial charge in [0.25, 0.3) is 5.91 Å². The van der Waals surface area contributed by atoms with Crippen molar-refractivity contribution in [1.82, 2.24) is 0 Å². The molecule has 0 aliphatic rings. The predicted octanol–water partition coefficient (Wildman–Crippen LogP) is 2.88. The van der Waals surface area contributed by atoms with Crippen LogP contribution in [0.15, 0.2) is 41.8 Å². The third-order valence-corrected chi connectivity index (χ3v) is 3.77. The van der Waals surface area contributed by atoms with Gasteiger partial charge in [-0.15, -0.1) is 11.3 Å². The molecular weight excluding hydrogens is 290 g/mol. The third-order valence-electron chi connectivity index (χ3n) is 2.91. The van der Waals surface area contributed by atoms with Crippen LogP contribution in [0, 0.1) is 0 Å². The van der Waals surface area contributed by atoms with Gasteiger partial charge < -0.3 is 14.7 Å². The first kappa shape index (κ1) is 15.1. The van der Waals surface area contributed by atoms with Gasteiger partial charge in [-0.05, 0) is 35.7 Å². The molecular formula is C15H15NO4S. The topological polar surface area (TPSA) is 66.8 Å². The predicted molar refractivity (Wildman–Crippen MR) is 81.2 cm³/mol. The van der Waals surface area contributed by atoms with E-state index in [0.29, 0.717) is 16.3 Å². The molecule has 2 rings (SSSR count). The highest BCUT2D eigenvalue weighted by molar-refractivity contribution is 7.12. The summed E-state index contributed by atoms with van der Waals surface area (Å²) in [5.74, 6) is -0.454. The molecule has 1 N–H and O–H groups in total. The van der Waals surface area contributed by atoms with E-state index >= 15 is 0 Å². The van der Waals surface area contributed by atoms with Crippen LogP contribution in [0.2, 0.25) is 0 Å². The minimum atomic E-state index is -0.938. The van der Waals surface area contributed by atoms with Gasteiger partial charge in [-0.1, -0.05) is 6.07 Å². The van der Waals surface area contributed by atoms with E-state index in [9.17, 15) is 9.59 Å². The number of methoxy groups -OCH3 is 1. The Bertz CT molecular complexity index is 607. The number of thiophene rings is 1. The molecule has 0 bridgehead atoms. The van der Waals surface area contributed by atoms with Gasteiger partial charge in [0.2, 0.25) is 0 Å². The van der Waals surface area contributed by atoms with E-state index in [1.54, 1.807) is 43.5 Å². The number of aliphatic carboxylic acids is 1. The Labute approximate surface area is 126 Å². The number of carbonyl (C=O) groups is 2. The molecule has 0 aliphatic carbocycles. The maximum Gasteiger partial charge on any atom is 0.305 e. The molecule has 1 heterocycles. The number of carboxylic acid groups (broad SMARTS) is 1. The van der Waals surface area contributed by atoms with Crippen LogP contribution in [0.4, 0.5) is 5.69 Å². The lowest BCUT2D eigenvalue weighted by atomic mass is 10.2. The monoisotopic (exact) mass is 305 g/mol. The fourth-order valence-corrected chi connectivity index (χ4v) is 2.52. The summed E-state index contributed by atoms with van der Waals surface area (Å²) in [7, 11) is 1.56.